The third kappa shape index (κ3) is 2.47. The fourth-order valence-corrected chi connectivity index (χ4v) is 2.36. The molecule has 1 aromatic heterocycles. The fourth-order valence-electron chi connectivity index (χ4n) is 1.36. The van der Waals surface area contributed by atoms with E-state index in [1.807, 2.05) is 4.72 Å². The van der Waals surface area contributed by atoms with Gasteiger partial charge in [-0.3, -0.25) is 19.9 Å². The predicted octanol–water partition coefficient (Wildman–Crippen LogP) is 0.824. The number of H-pyrrole nitrogens is 1. The van der Waals surface area contributed by atoms with Crippen molar-refractivity contribution >= 4 is 21.4 Å². The molecule has 19 heavy (non-hydrogen) atoms. The van der Waals surface area contributed by atoms with Gasteiger partial charge in [0.15, 0.2) is 5.69 Å². The average molecular weight is 284 g/mol. The van der Waals surface area contributed by atoms with E-state index >= 15 is 0 Å². The molecule has 2 rings (SSSR count). The maximum Gasteiger partial charge on any atom is 0.297 e. The van der Waals surface area contributed by atoms with Gasteiger partial charge in [0.05, 0.1) is 11.1 Å². The number of hydrogen-bond acceptors (Lipinski definition) is 6. The first-order valence-corrected chi connectivity index (χ1v) is 6.38. The number of phenols is 1. The zero-order valence-corrected chi connectivity index (χ0v) is 10.1. The maximum atomic E-state index is 11.9. The summed E-state index contributed by atoms with van der Waals surface area (Å²) in [6.45, 7) is 0. The van der Waals surface area contributed by atoms with Crippen LogP contribution in [0, 0.1) is 10.1 Å². The highest BCUT2D eigenvalue weighted by Crippen LogP contribution is 2.34. The number of nitrogens with one attached hydrogen (secondary N) is 2. The highest BCUT2D eigenvalue weighted by atomic mass is 32.2. The normalized spacial score (nSPS) is 11.2. The van der Waals surface area contributed by atoms with Gasteiger partial charge in [-0.25, -0.2) is 8.42 Å². The Balaban J connectivity index is 2.48. The van der Waals surface area contributed by atoms with E-state index in [4.69, 9.17) is 0 Å². The fraction of sp³-hybridized carbons (Fsp3) is 0. The van der Waals surface area contributed by atoms with E-state index in [0.717, 1.165) is 24.5 Å². The van der Waals surface area contributed by atoms with Crippen LogP contribution in [0.25, 0.3) is 0 Å². The molecule has 0 atom stereocenters. The Morgan fingerprint density at radius 2 is 2.16 bits per heavy atom. The van der Waals surface area contributed by atoms with Crippen LogP contribution < -0.4 is 4.72 Å². The van der Waals surface area contributed by atoms with E-state index in [1.54, 1.807) is 0 Å². The van der Waals surface area contributed by atoms with Gasteiger partial charge in [-0.1, -0.05) is 6.07 Å². The number of hydrogen-bond donors (Lipinski definition) is 3. The molecule has 0 aliphatic rings. The van der Waals surface area contributed by atoms with E-state index in [0.29, 0.717) is 0 Å². The molecule has 0 saturated heterocycles. The van der Waals surface area contributed by atoms with Crippen molar-refractivity contribution in [2.75, 3.05) is 4.72 Å². The monoisotopic (exact) mass is 284 g/mol. The second kappa shape index (κ2) is 4.57. The molecule has 0 aliphatic heterocycles. The first-order valence-electron chi connectivity index (χ1n) is 4.90. The van der Waals surface area contributed by atoms with Crippen LogP contribution in [0.2, 0.25) is 0 Å². The number of aromatic hydroxyl groups is 1. The van der Waals surface area contributed by atoms with E-state index in [-0.39, 0.29) is 4.90 Å². The zero-order valence-electron chi connectivity index (χ0n) is 9.27. The lowest BCUT2D eigenvalue weighted by Crippen LogP contribution is -2.13. The number of phenolic OH excluding ortho intramolecular Hbond substituents is 1. The maximum absolute atomic E-state index is 11.9. The van der Waals surface area contributed by atoms with Gasteiger partial charge in [0.2, 0.25) is 0 Å². The molecule has 1 aromatic carbocycles. The first-order chi connectivity index (χ1) is 8.92. The SMILES string of the molecule is O=[N+]([O-])c1cccc(O)c1NS(=O)(=O)c1cn[nH]c1. The molecule has 3 N–H and O–H groups in total. The second-order valence-electron chi connectivity index (χ2n) is 3.47. The van der Waals surface area contributed by atoms with Crippen LogP contribution in [0.15, 0.2) is 35.5 Å². The van der Waals surface area contributed by atoms with E-state index in [1.165, 1.54) is 6.07 Å². The van der Waals surface area contributed by atoms with Crippen LogP contribution in [0.5, 0.6) is 5.75 Å². The second-order valence-corrected chi connectivity index (χ2v) is 5.15. The summed E-state index contributed by atoms with van der Waals surface area (Å²) in [5.41, 5.74) is -1.04. The van der Waals surface area contributed by atoms with Gasteiger partial charge in [0.25, 0.3) is 15.7 Å². The van der Waals surface area contributed by atoms with Gasteiger partial charge in [-0.05, 0) is 6.07 Å². The van der Waals surface area contributed by atoms with Gasteiger partial charge in [-0.2, -0.15) is 5.10 Å². The Morgan fingerprint density at radius 1 is 1.42 bits per heavy atom. The molecule has 0 fully saturated rings. The summed E-state index contributed by atoms with van der Waals surface area (Å²) in [6, 6.07) is 3.45. The summed E-state index contributed by atoms with van der Waals surface area (Å²) in [6.07, 6.45) is 2.14. The zero-order chi connectivity index (χ0) is 14.0. The Labute approximate surface area is 107 Å². The molecular formula is C9H8N4O5S. The van der Waals surface area contributed by atoms with Crippen LogP contribution in [-0.4, -0.2) is 28.6 Å². The lowest BCUT2D eigenvalue weighted by atomic mass is 10.2. The summed E-state index contributed by atoms with van der Waals surface area (Å²) in [5.74, 6) is -0.540. The lowest BCUT2D eigenvalue weighted by Gasteiger charge is -2.08. The summed E-state index contributed by atoms with van der Waals surface area (Å²) < 4.78 is 25.7. The van der Waals surface area contributed by atoms with Gasteiger partial charge >= 0.3 is 0 Å². The van der Waals surface area contributed by atoms with Crippen molar-refractivity contribution in [3.63, 3.8) is 0 Å². The summed E-state index contributed by atoms with van der Waals surface area (Å²) in [5, 5.41) is 26.1. The van der Waals surface area contributed by atoms with Crippen molar-refractivity contribution in [1.82, 2.24) is 10.2 Å². The third-order valence-electron chi connectivity index (χ3n) is 2.24. The third-order valence-corrected chi connectivity index (χ3v) is 3.55. The van der Waals surface area contributed by atoms with Crippen molar-refractivity contribution < 1.29 is 18.4 Å². The number of nitro groups is 1. The largest absolute Gasteiger partial charge is 0.505 e. The van der Waals surface area contributed by atoms with E-state index in [2.05, 4.69) is 10.2 Å². The molecule has 0 radical (unpaired) electrons. The molecule has 9 nitrogen and oxygen atoms in total. The van der Waals surface area contributed by atoms with Crippen molar-refractivity contribution in [1.29, 1.82) is 0 Å². The molecule has 0 bridgehead atoms. The number of benzene rings is 1. The van der Waals surface area contributed by atoms with Crippen LogP contribution in [-0.2, 0) is 10.0 Å². The minimum atomic E-state index is -4.06. The van der Waals surface area contributed by atoms with Gasteiger partial charge < -0.3 is 5.11 Å². The predicted molar refractivity (Wildman–Crippen MR) is 64.2 cm³/mol. The number of sulfonamides is 1. The number of aromatic amines is 1. The molecule has 0 amide bonds. The summed E-state index contributed by atoms with van der Waals surface area (Å²) in [7, 11) is -4.06. The van der Waals surface area contributed by atoms with Crippen LogP contribution in [0.3, 0.4) is 0 Å². The number of nitrogens with zero attached hydrogens (tertiary/aromatic N) is 2. The van der Waals surface area contributed by atoms with Crippen molar-refractivity contribution in [2.24, 2.45) is 0 Å². The minimum Gasteiger partial charge on any atom is -0.505 e. The average Bonchev–Trinajstić information content (AvgIpc) is 2.85. The Bertz CT molecular complexity index is 710. The number of nitro benzene ring substituents is 1. The molecule has 2 aromatic rings. The van der Waals surface area contributed by atoms with Crippen LogP contribution in [0.1, 0.15) is 0 Å². The molecule has 10 heteroatoms. The van der Waals surface area contributed by atoms with Gasteiger partial charge in [-0.15, -0.1) is 0 Å². The van der Waals surface area contributed by atoms with E-state index < -0.39 is 32.1 Å². The van der Waals surface area contributed by atoms with Crippen LogP contribution >= 0.6 is 0 Å². The molecule has 0 saturated carbocycles. The number of aromatic nitrogens is 2. The number of anilines is 1. The number of para-hydroxylation sites is 1. The highest BCUT2D eigenvalue weighted by molar-refractivity contribution is 7.92. The van der Waals surface area contributed by atoms with Gasteiger partial charge in [0, 0.05) is 12.3 Å². The quantitative estimate of drug-likeness (QED) is 0.431. The van der Waals surface area contributed by atoms with Crippen LogP contribution in [0.4, 0.5) is 11.4 Å². The van der Waals surface area contributed by atoms with Gasteiger partial charge in [0.1, 0.15) is 10.6 Å². The summed E-state index contributed by atoms with van der Waals surface area (Å²) in [4.78, 5) is 9.79. The first kappa shape index (κ1) is 12.8. The Hall–Kier alpha value is -2.62. The molecule has 0 spiro atoms. The molecular weight excluding hydrogens is 276 g/mol. The molecule has 1 heterocycles. The minimum absolute atomic E-state index is 0.204. The number of rotatable bonds is 4. The van der Waals surface area contributed by atoms with Crippen molar-refractivity contribution in [2.45, 2.75) is 4.90 Å². The topological polar surface area (TPSA) is 138 Å². The Kier molecular flexibility index (Phi) is 3.09. The van der Waals surface area contributed by atoms with E-state index in [9.17, 15) is 23.6 Å². The van der Waals surface area contributed by atoms with Crippen molar-refractivity contribution in [3.8, 4) is 5.75 Å². The van der Waals surface area contributed by atoms with Crippen molar-refractivity contribution in [3.05, 3.63) is 40.7 Å². The smallest absolute Gasteiger partial charge is 0.297 e. The molecule has 0 aliphatic carbocycles. The lowest BCUT2D eigenvalue weighted by molar-refractivity contribution is -0.383. The standard InChI is InChI=1S/C9H8N4O5S/c14-8-3-1-2-7(13(15)16)9(8)12-19(17,18)6-4-10-11-5-6/h1-5,12,14H,(H,10,11). The Morgan fingerprint density at radius 3 is 2.74 bits per heavy atom. The summed E-state index contributed by atoms with van der Waals surface area (Å²) >= 11 is 0. The molecule has 0 unspecified atom stereocenters. The highest BCUT2D eigenvalue weighted by Gasteiger charge is 2.24. The molecule has 100 valence electrons.